The SMILES string of the molecule is C=CCNC(=O)c1ccc(OCc2ccc(F)cc2)c(N)c1. The average molecular weight is 300 g/mol. The molecule has 22 heavy (non-hydrogen) atoms. The van der Waals surface area contributed by atoms with E-state index in [-0.39, 0.29) is 18.3 Å². The molecule has 0 unspecified atom stereocenters. The monoisotopic (exact) mass is 300 g/mol. The van der Waals surface area contributed by atoms with Crippen LogP contribution in [-0.2, 0) is 6.61 Å². The van der Waals surface area contributed by atoms with Crippen molar-refractivity contribution in [2.24, 2.45) is 0 Å². The summed E-state index contributed by atoms with van der Waals surface area (Å²) in [5.41, 5.74) is 7.54. The second kappa shape index (κ2) is 7.26. The number of anilines is 1. The van der Waals surface area contributed by atoms with Crippen molar-refractivity contribution >= 4 is 11.6 Å². The Bertz CT molecular complexity index is 669. The Balaban J connectivity index is 2.01. The van der Waals surface area contributed by atoms with Crippen molar-refractivity contribution < 1.29 is 13.9 Å². The molecule has 0 saturated heterocycles. The van der Waals surface area contributed by atoms with Crippen molar-refractivity contribution in [1.29, 1.82) is 0 Å². The fourth-order valence-corrected chi connectivity index (χ4v) is 1.83. The summed E-state index contributed by atoms with van der Waals surface area (Å²) >= 11 is 0. The van der Waals surface area contributed by atoms with Crippen LogP contribution in [0.3, 0.4) is 0 Å². The first kappa shape index (κ1) is 15.6. The zero-order valence-electron chi connectivity index (χ0n) is 12.0. The van der Waals surface area contributed by atoms with Crippen LogP contribution < -0.4 is 15.8 Å². The van der Waals surface area contributed by atoms with E-state index in [0.29, 0.717) is 23.5 Å². The van der Waals surface area contributed by atoms with Gasteiger partial charge in [0.2, 0.25) is 0 Å². The lowest BCUT2D eigenvalue weighted by Crippen LogP contribution is -2.23. The number of halogens is 1. The molecule has 0 saturated carbocycles. The Labute approximate surface area is 128 Å². The minimum Gasteiger partial charge on any atom is -0.487 e. The highest BCUT2D eigenvalue weighted by Gasteiger charge is 2.08. The Morgan fingerprint density at radius 2 is 2.00 bits per heavy atom. The summed E-state index contributed by atoms with van der Waals surface area (Å²) in [6.07, 6.45) is 1.60. The first-order valence-electron chi connectivity index (χ1n) is 6.76. The Hall–Kier alpha value is -2.82. The number of nitrogens with one attached hydrogen (secondary N) is 1. The van der Waals surface area contributed by atoms with Crippen molar-refractivity contribution in [2.45, 2.75) is 6.61 Å². The third-order valence-corrected chi connectivity index (χ3v) is 2.99. The molecule has 0 radical (unpaired) electrons. The standard InChI is InChI=1S/C17H17FN2O2/c1-2-9-20-17(21)13-5-8-16(15(19)10-13)22-11-12-3-6-14(18)7-4-12/h2-8,10H,1,9,11,19H2,(H,20,21). The maximum atomic E-state index is 12.8. The van der Waals surface area contributed by atoms with E-state index in [4.69, 9.17) is 10.5 Å². The fourth-order valence-electron chi connectivity index (χ4n) is 1.83. The van der Waals surface area contributed by atoms with E-state index in [0.717, 1.165) is 5.56 Å². The Kier molecular flexibility index (Phi) is 5.14. The number of amides is 1. The topological polar surface area (TPSA) is 64.3 Å². The quantitative estimate of drug-likeness (QED) is 0.637. The van der Waals surface area contributed by atoms with Gasteiger partial charge in [0.25, 0.3) is 5.91 Å². The normalized spacial score (nSPS) is 10.0. The van der Waals surface area contributed by atoms with Crippen LogP contribution in [0.15, 0.2) is 55.1 Å². The maximum Gasteiger partial charge on any atom is 0.251 e. The van der Waals surface area contributed by atoms with Gasteiger partial charge in [0.1, 0.15) is 18.2 Å². The minimum absolute atomic E-state index is 0.225. The number of hydrogen-bond donors (Lipinski definition) is 2. The molecule has 0 bridgehead atoms. The highest BCUT2D eigenvalue weighted by atomic mass is 19.1. The van der Waals surface area contributed by atoms with Crippen LogP contribution in [0.5, 0.6) is 5.75 Å². The van der Waals surface area contributed by atoms with Gasteiger partial charge in [0.15, 0.2) is 0 Å². The minimum atomic E-state index is -0.293. The number of nitrogens with two attached hydrogens (primary N) is 1. The van der Waals surface area contributed by atoms with Crippen molar-refractivity contribution in [3.8, 4) is 5.75 Å². The highest BCUT2D eigenvalue weighted by molar-refractivity contribution is 5.95. The van der Waals surface area contributed by atoms with Crippen LogP contribution in [0.1, 0.15) is 15.9 Å². The summed E-state index contributed by atoms with van der Waals surface area (Å²) in [5.74, 6) is -0.0422. The van der Waals surface area contributed by atoms with E-state index in [1.807, 2.05) is 0 Å². The van der Waals surface area contributed by atoms with Crippen molar-refractivity contribution in [1.82, 2.24) is 5.32 Å². The van der Waals surface area contributed by atoms with Crippen LogP contribution in [0.2, 0.25) is 0 Å². The van der Waals surface area contributed by atoms with Crippen molar-refractivity contribution in [2.75, 3.05) is 12.3 Å². The molecular formula is C17H17FN2O2. The van der Waals surface area contributed by atoms with E-state index >= 15 is 0 Å². The molecule has 0 spiro atoms. The summed E-state index contributed by atoms with van der Waals surface area (Å²) in [4.78, 5) is 11.8. The van der Waals surface area contributed by atoms with Crippen LogP contribution in [-0.4, -0.2) is 12.5 Å². The van der Waals surface area contributed by atoms with Gasteiger partial charge in [-0.15, -0.1) is 6.58 Å². The molecule has 1 amide bonds. The zero-order chi connectivity index (χ0) is 15.9. The molecule has 0 aromatic heterocycles. The molecule has 2 rings (SSSR count). The third-order valence-electron chi connectivity index (χ3n) is 2.99. The number of nitrogen functional groups attached to an aromatic ring is 1. The largest absolute Gasteiger partial charge is 0.487 e. The van der Waals surface area contributed by atoms with Crippen molar-refractivity contribution in [3.63, 3.8) is 0 Å². The van der Waals surface area contributed by atoms with Gasteiger partial charge in [0.05, 0.1) is 5.69 Å². The second-order valence-electron chi connectivity index (χ2n) is 4.67. The van der Waals surface area contributed by atoms with Gasteiger partial charge in [-0.1, -0.05) is 18.2 Å². The zero-order valence-corrected chi connectivity index (χ0v) is 12.0. The van der Waals surface area contributed by atoms with E-state index < -0.39 is 0 Å². The first-order chi connectivity index (χ1) is 10.6. The first-order valence-corrected chi connectivity index (χ1v) is 6.76. The summed E-state index contributed by atoms with van der Waals surface area (Å²) < 4.78 is 18.4. The molecule has 0 atom stereocenters. The number of hydrogen-bond acceptors (Lipinski definition) is 3. The van der Waals surface area contributed by atoms with Crippen LogP contribution in [0, 0.1) is 5.82 Å². The maximum absolute atomic E-state index is 12.8. The lowest BCUT2D eigenvalue weighted by molar-refractivity contribution is 0.0958. The highest BCUT2D eigenvalue weighted by Crippen LogP contribution is 2.23. The van der Waals surface area contributed by atoms with E-state index in [1.165, 1.54) is 12.1 Å². The number of benzene rings is 2. The molecule has 3 N–H and O–H groups in total. The van der Waals surface area contributed by atoms with E-state index in [9.17, 15) is 9.18 Å². The van der Waals surface area contributed by atoms with Crippen LogP contribution in [0.25, 0.3) is 0 Å². The average Bonchev–Trinajstić information content (AvgIpc) is 2.53. The van der Waals surface area contributed by atoms with Gasteiger partial charge >= 0.3 is 0 Å². The predicted molar refractivity (Wildman–Crippen MR) is 84.1 cm³/mol. The van der Waals surface area contributed by atoms with Crippen molar-refractivity contribution in [3.05, 3.63) is 72.1 Å². The predicted octanol–water partition coefficient (Wildman–Crippen LogP) is 2.90. The molecule has 114 valence electrons. The summed E-state index contributed by atoms with van der Waals surface area (Å²) in [7, 11) is 0. The fraction of sp³-hybridized carbons (Fsp3) is 0.118. The van der Waals surface area contributed by atoms with Gasteiger partial charge < -0.3 is 15.8 Å². The number of carbonyl (C=O) groups excluding carboxylic acids is 1. The number of ether oxygens (including phenoxy) is 1. The van der Waals surface area contributed by atoms with E-state index in [2.05, 4.69) is 11.9 Å². The van der Waals surface area contributed by atoms with Gasteiger partial charge in [-0.2, -0.15) is 0 Å². The molecule has 4 nitrogen and oxygen atoms in total. The molecule has 2 aromatic carbocycles. The number of carbonyl (C=O) groups is 1. The Morgan fingerprint density at radius 3 is 2.64 bits per heavy atom. The molecule has 5 heteroatoms. The number of rotatable bonds is 6. The second-order valence-corrected chi connectivity index (χ2v) is 4.67. The lowest BCUT2D eigenvalue weighted by Gasteiger charge is -2.10. The van der Waals surface area contributed by atoms with E-state index in [1.54, 1.807) is 36.4 Å². The van der Waals surface area contributed by atoms with Gasteiger partial charge in [-0.25, -0.2) is 4.39 Å². The molecule has 0 aliphatic rings. The molecule has 0 fully saturated rings. The summed E-state index contributed by atoms with van der Waals surface area (Å²) in [6, 6.07) is 10.9. The molecule has 0 heterocycles. The van der Waals surface area contributed by atoms with Crippen LogP contribution >= 0.6 is 0 Å². The Morgan fingerprint density at radius 1 is 1.27 bits per heavy atom. The van der Waals surface area contributed by atoms with Gasteiger partial charge in [-0.05, 0) is 35.9 Å². The summed E-state index contributed by atoms with van der Waals surface area (Å²) in [5, 5.41) is 2.67. The van der Waals surface area contributed by atoms with Gasteiger partial charge in [0, 0.05) is 12.1 Å². The van der Waals surface area contributed by atoms with Crippen LogP contribution in [0.4, 0.5) is 10.1 Å². The molecule has 2 aromatic rings. The molecular weight excluding hydrogens is 283 g/mol. The molecule has 0 aliphatic carbocycles. The third kappa shape index (κ3) is 4.09. The lowest BCUT2D eigenvalue weighted by atomic mass is 10.1. The molecule has 0 aliphatic heterocycles. The smallest absolute Gasteiger partial charge is 0.251 e. The summed E-state index contributed by atoms with van der Waals surface area (Å²) in [6.45, 7) is 4.19. The van der Waals surface area contributed by atoms with Gasteiger partial charge in [-0.3, -0.25) is 4.79 Å².